The van der Waals surface area contributed by atoms with E-state index in [1.54, 1.807) is 36.9 Å². The van der Waals surface area contributed by atoms with Crippen LogP contribution in [0, 0.1) is 5.92 Å². The van der Waals surface area contributed by atoms with Gasteiger partial charge in [-0.2, -0.15) is 5.10 Å². The van der Waals surface area contributed by atoms with Gasteiger partial charge in [-0.05, 0) is 18.2 Å². The lowest BCUT2D eigenvalue weighted by Crippen LogP contribution is -2.50. The third kappa shape index (κ3) is 3.36. The maximum Gasteiger partial charge on any atom is 0.266 e. The number of aromatic nitrogens is 5. The average molecular weight is 355 g/mol. The summed E-state index contributed by atoms with van der Waals surface area (Å²) in [5.74, 6) is 0.985. The molecule has 0 saturated carbocycles. The van der Waals surface area contributed by atoms with Crippen LogP contribution >= 0.6 is 11.6 Å². The topological polar surface area (TPSA) is 76.8 Å². The monoisotopic (exact) mass is 354 g/mol. The second-order valence-electron chi connectivity index (χ2n) is 5.95. The fourth-order valence-corrected chi connectivity index (χ4v) is 2.91. The summed E-state index contributed by atoms with van der Waals surface area (Å²) >= 11 is 5.80. The molecule has 3 aromatic rings. The molecule has 1 aliphatic rings. The minimum Gasteiger partial charge on any atom is -0.340 e. The minimum absolute atomic E-state index is 0.103. The first-order valence-corrected chi connectivity index (χ1v) is 8.28. The van der Waals surface area contributed by atoms with Gasteiger partial charge in [0, 0.05) is 43.0 Å². The zero-order chi connectivity index (χ0) is 17.2. The maximum atomic E-state index is 12.1. The highest BCUT2D eigenvalue weighted by molar-refractivity contribution is 6.30. The average Bonchev–Trinajstić information content (AvgIpc) is 2.61. The van der Waals surface area contributed by atoms with Gasteiger partial charge in [0.25, 0.3) is 5.56 Å². The maximum absolute atomic E-state index is 12.1. The normalized spacial score (nSPS) is 14.4. The summed E-state index contributed by atoms with van der Waals surface area (Å²) in [6.07, 6.45) is 6.61. The van der Waals surface area contributed by atoms with Crippen molar-refractivity contribution in [2.75, 3.05) is 18.0 Å². The molecule has 0 N–H and O–H groups in total. The van der Waals surface area contributed by atoms with E-state index in [4.69, 9.17) is 11.6 Å². The Morgan fingerprint density at radius 3 is 2.64 bits per heavy atom. The molecular weight excluding hydrogens is 340 g/mol. The number of nitrogens with zero attached hydrogens (tertiary/aromatic N) is 6. The number of halogens is 1. The molecule has 0 bridgehead atoms. The van der Waals surface area contributed by atoms with Gasteiger partial charge in [-0.3, -0.25) is 9.78 Å². The van der Waals surface area contributed by atoms with E-state index >= 15 is 0 Å². The number of pyridine rings is 1. The zero-order valence-corrected chi connectivity index (χ0v) is 14.0. The van der Waals surface area contributed by atoms with Crippen LogP contribution in [0.1, 0.15) is 0 Å². The van der Waals surface area contributed by atoms with Crippen LogP contribution in [0.3, 0.4) is 0 Å². The Morgan fingerprint density at radius 1 is 1.12 bits per heavy atom. The first-order valence-electron chi connectivity index (χ1n) is 7.90. The quantitative estimate of drug-likeness (QED) is 0.712. The lowest BCUT2D eigenvalue weighted by molar-refractivity contribution is 0.331. The van der Waals surface area contributed by atoms with Crippen molar-refractivity contribution in [3.63, 3.8) is 0 Å². The second kappa shape index (κ2) is 6.60. The number of rotatable bonds is 4. The van der Waals surface area contributed by atoms with Gasteiger partial charge in [0.15, 0.2) is 0 Å². The number of hydrogen-bond acceptors (Lipinski definition) is 6. The second-order valence-corrected chi connectivity index (χ2v) is 6.39. The van der Waals surface area contributed by atoms with Crippen LogP contribution in [0.25, 0.3) is 11.3 Å². The summed E-state index contributed by atoms with van der Waals surface area (Å²) in [6, 6.07) is 7.05. The molecular formula is C17H15ClN6O. The third-order valence-electron chi connectivity index (χ3n) is 4.10. The van der Waals surface area contributed by atoms with Crippen LogP contribution in [0.2, 0.25) is 5.02 Å². The number of hydrogen-bond donors (Lipinski definition) is 0. The van der Waals surface area contributed by atoms with Crippen molar-refractivity contribution in [1.82, 2.24) is 24.7 Å². The lowest BCUT2D eigenvalue weighted by Gasteiger charge is -2.39. The molecule has 0 aromatic carbocycles. The van der Waals surface area contributed by atoms with Crippen molar-refractivity contribution in [2.45, 2.75) is 6.54 Å². The van der Waals surface area contributed by atoms with Crippen molar-refractivity contribution < 1.29 is 0 Å². The Morgan fingerprint density at radius 2 is 1.92 bits per heavy atom. The first-order chi connectivity index (χ1) is 12.2. The first kappa shape index (κ1) is 15.7. The van der Waals surface area contributed by atoms with E-state index in [-0.39, 0.29) is 5.56 Å². The van der Waals surface area contributed by atoms with Crippen molar-refractivity contribution >= 4 is 17.5 Å². The summed E-state index contributed by atoms with van der Waals surface area (Å²) in [5.41, 5.74) is 1.53. The van der Waals surface area contributed by atoms with Crippen LogP contribution in [0.5, 0.6) is 0 Å². The Balaban J connectivity index is 1.45. The molecule has 126 valence electrons. The molecule has 1 fully saturated rings. The predicted molar refractivity (Wildman–Crippen MR) is 94.5 cm³/mol. The van der Waals surface area contributed by atoms with Crippen molar-refractivity contribution in [2.24, 2.45) is 5.92 Å². The van der Waals surface area contributed by atoms with Gasteiger partial charge < -0.3 is 4.90 Å². The molecule has 8 heteroatoms. The van der Waals surface area contributed by atoms with E-state index in [1.165, 1.54) is 4.68 Å². The van der Waals surface area contributed by atoms with E-state index in [0.29, 0.717) is 23.4 Å². The molecule has 4 rings (SSSR count). The van der Waals surface area contributed by atoms with Crippen molar-refractivity contribution in [3.05, 3.63) is 64.4 Å². The molecule has 1 aliphatic heterocycles. The largest absolute Gasteiger partial charge is 0.340 e. The molecule has 0 spiro atoms. The van der Waals surface area contributed by atoms with Crippen LogP contribution < -0.4 is 10.5 Å². The van der Waals surface area contributed by atoms with Crippen LogP contribution in [-0.2, 0) is 6.54 Å². The van der Waals surface area contributed by atoms with E-state index in [1.807, 2.05) is 12.1 Å². The van der Waals surface area contributed by atoms with Gasteiger partial charge in [0.1, 0.15) is 0 Å². The van der Waals surface area contributed by atoms with Gasteiger partial charge in [0.05, 0.1) is 29.7 Å². The van der Waals surface area contributed by atoms with Gasteiger partial charge in [-0.15, -0.1) is 0 Å². The minimum atomic E-state index is -0.103. The molecule has 3 aromatic heterocycles. The highest BCUT2D eigenvalue weighted by Crippen LogP contribution is 2.22. The van der Waals surface area contributed by atoms with E-state index in [2.05, 4.69) is 25.0 Å². The summed E-state index contributed by atoms with van der Waals surface area (Å²) < 4.78 is 1.52. The van der Waals surface area contributed by atoms with Gasteiger partial charge in [-0.25, -0.2) is 14.6 Å². The van der Waals surface area contributed by atoms with E-state index in [9.17, 15) is 4.79 Å². The summed E-state index contributed by atoms with van der Waals surface area (Å²) in [6.45, 7) is 2.14. The third-order valence-corrected chi connectivity index (χ3v) is 4.30. The molecule has 1 saturated heterocycles. The Kier molecular flexibility index (Phi) is 4.15. The van der Waals surface area contributed by atoms with Crippen LogP contribution in [0.15, 0.2) is 53.8 Å². The van der Waals surface area contributed by atoms with E-state index < -0.39 is 0 Å². The van der Waals surface area contributed by atoms with Gasteiger partial charge in [0.2, 0.25) is 5.95 Å². The Hall–Kier alpha value is -2.80. The summed E-state index contributed by atoms with van der Waals surface area (Å²) in [5, 5.41) is 4.99. The highest BCUT2D eigenvalue weighted by atomic mass is 35.5. The molecule has 7 nitrogen and oxygen atoms in total. The fourth-order valence-electron chi connectivity index (χ4n) is 2.81. The van der Waals surface area contributed by atoms with Gasteiger partial charge in [-0.1, -0.05) is 11.6 Å². The molecule has 0 radical (unpaired) electrons. The smallest absolute Gasteiger partial charge is 0.266 e. The molecule has 0 aliphatic carbocycles. The molecule has 0 amide bonds. The zero-order valence-electron chi connectivity index (χ0n) is 13.3. The molecule has 0 unspecified atom stereocenters. The van der Waals surface area contributed by atoms with Crippen LogP contribution in [-0.4, -0.2) is 37.8 Å². The molecule has 25 heavy (non-hydrogen) atoms. The predicted octanol–water partition coefficient (Wildman–Crippen LogP) is 1.89. The van der Waals surface area contributed by atoms with Crippen molar-refractivity contribution in [1.29, 1.82) is 0 Å². The van der Waals surface area contributed by atoms with Crippen LogP contribution in [0.4, 0.5) is 5.95 Å². The van der Waals surface area contributed by atoms with Crippen molar-refractivity contribution in [3.8, 4) is 11.3 Å². The number of anilines is 1. The standard InChI is InChI=1S/C17H15ClN6O/c18-14-7-20-17(21-8-14)23-9-12(10-23)11-24-16(25)4-3-15(22-24)13-2-1-5-19-6-13/h1-8,12H,9-11H2. The summed E-state index contributed by atoms with van der Waals surface area (Å²) in [4.78, 5) is 26.7. The van der Waals surface area contributed by atoms with Gasteiger partial charge >= 0.3 is 0 Å². The fraction of sp³-hybridized carbons (Fsp3) is 0.235. The Labute approximate surface area is 149 Å². The highest BCUT2D eigenvalue weighted by Gasteiger charge is 2.29. The Bertz CT molecular complexity index is 922. The van der Waals surface area contributed by atoms with E-state index in [0.717, 1.165) is 24.3 Å². The molecule has 0 atom stereocenters. The summed E-state index contributed by atoms with van der Waals surface area (Å²) in [7, 11) is 0. The SMILES string of the molecule is O=c1ccc(-c2cccnc2)nn1CC1CN(c2ncc(Cl)cn2)C1. The lowest BCUT2D eigenvalue weighted by atomic mass is 10.0. The molecule has 4 heterocycles.